The van der Waals surface area contributed by atoms with Crippen molar-refractivity contribution in [2.24, 2.45) is 0 Å². The largest absolute Gasteiger partial charge is 0.261 e. The van der Waals surface area contributed by atoms with E-state index in [4.69, 9.17) is 4.98 Å². The lowest BCUT2D eigenvalue weighted by molar-refractivity contribution is 0.446. The summed E-state index contributed by atoms with van der Waals surface area (Å²) in [5.74, 6) is 0.571. The van der Waals surface area contributed by atoms with Crippen molar-refractivity contribution < 1.29 is 0 Å². The first-order valence-corrected chi connectivity index (χ1v) is 10.6. The highest BCUT2D eigenvalue weighted by Gasteiger charge is 2.34. The Labute approximate surface area is 151 Å². The van der Waals surface area contributed by atoms with Crippen LogP contribution in [0.15, 0.2) is 85.1 Å². The van der Waals surface area contributed by atoms with Crippen LogP contribution in [0.5, 0.6) is 0 Å². The van der Waals surface area contributed by atoms with Crippen molar-refractivity contribution in [1.29, 1.82) is 0 Å². The van der Waals surface area contributed by atoms with E-state index >= 15 is 0 Å². The molecular weight excluding hydrogens is 321 g/mol. The average molecular weight is 345 g/mol. The zero-order chi connectivity index (χ0) is 16.9. The van der Waals surface area contributed by atoms with E-state index in [1.54, 1.807) is 0 Å². The third kappa shape index (κ3) is 3.67. The Hall–Kier alpha value is -1.98. The number of hydrogen-bond acceptors (Lipinski definition) is 1. The Morgan fingerprint density at radius 2 is 1.28 bits per heavy atom. The molecule has 1 saturated carbocycles. The number of benzene rings is 2. The number of nitrogens with zero attached hydrogens (tertiary/aromatic N) is 1. The SMILES string of the molecule is c1ccc(P(c2ccccc2)[C@H]2CCCC[C@H]2c2ccccn2)cc1. The van der Waals surface area contributed by atoms with Crippen LogP contribution in [0, 0.1) is 0 Å². The van der Waals surface area contributed by atoms with Gasteiger partial charge in [-0.25, -0.2) is 0 Å². The zero-order valence-electron chi connectivity index (χ0n) is 14.5. The molecule has 0 radical (unpaired) electrons. The highest BCUT2D eigenvalue weighted by Crippen LogP contribution is 2.51. The Bertz CT molecular complexity index is 733. The summed E-state index contributed by atoms with van der Waals surface area (Å²) >= 11 is 0. The fourth-order valence-electron chi connectivity index (χ4n) is 4.07. The molecule has 1 aliphatic carbocycles. The van der Waals surface area contributed by atoms with E-state index in [1.807, 2.05) is 12.3 Å². The third-order valence-electron chi connectivity index (χ3n) is 5.20. The molecule has 2 aromatic carbocycles. The van der Waals surface area contributed by atoms with Crippen LogP contribution in [-0.4, -0.2) is 10.6 Å². The van der Waals surface area contributed by atoms with E-state index in [2.05, 4.69) is 72.8 Å². The molecule has 0 unspecified atom stereocenters. The first-order chi connectivity index (χ1) is 12.4. The van der Waals surface area contributed by atoms with Crippen LogP contribution < -0.4 is 10.6 Å². The van der Waals surface area contributed by atoms with Gasteiger partial charge in [-0.15, -0.1) is 0 Å². The minimum absolute atomic E-state index is 0.372. The molecule has 1 aliphatic rings. The van der Waals surface area contributed by atoms with Gasteiger partial charge in [-0.2, -0.15) is 0 Å². The first kappa shape index (κ1) is 16.5. The van der Waals surface area contributed by atoms with Crippen LogP contribution in [0.2, 0.25) is 0 Å². The fourth-order valence-corrected chi connectivity index (χ4v) is 7.22. The van der Waals surface area contributed by atoms with Gasteiger partial charge in [0.1, 0.15) is 0 Å². The predicted molar refractivity (Wildman–Crippen MR) is 108 cm³/mol. The summed E-state index contributed by atoms with van der Waals surface area (Å²) < 4.78 is 0. The lowest BCUT2D eigenvalue weighted by Crippen LogP contribution is -2.30. The van der Waals surface area contributed by atoms with E-state index in [0.29, 0.717) is 11.6 Å². The molecule has 0 spiro atoms. The molecule has 4 rings (SSSR count). The van der Waals surface area contributed by atoms with Gasteiger partial charge >= 0.3 is 0 Å². The van der Waals surface area contributed by atoms with Crippen molar-refractivity contribution in [3.63, 3.8) is 0 Å². The van der Waals surface area contributed by atoms with Crippen LogP contribution >= 0.6 is 7.92 Å². The summed E-state index contributed by atoms with van der Waals surface area (Å²) in [6.07, 6.45) is 7.18. The van der Waals surface area contributed by atoms with Gasteiger partial charge in [-0.05, 0) is 49.2 Å². The van der Waals surface area contributed by atoms with E-state index in [1.165, 1.54) is 42.0 Å². The van der Waals surface area contributed by atoms with Gasteiger partial charge < -0.3 is 0 Å². The molecule has 2 atom stereocenters. The molecule has 1 nitrogen and oxygen atoms in total. The summed E-state index contributed by atoms with van der Waals surface area (Å²) in [6.45, 7) is 0. The van der Waals surface area contributed by atoms with Crippen LogP contribution in [0.1, 0.15) is 37.3 Å². The van der Waals surface area contributed by atoms with E-state index in [9.17, 15) is 0 Å². The van der Waals surface area contributed by atoms with Crippen LogP contribution in [-0.2, 0) is 0 Å². The Balaban J connectivity index is 1.77. The molecule has 0 aliphatic heterocycles. The zero-order valence-corrected chi connectivity index (χ0v) is 15.4. The molecule has 1 heterocycles. The monoisotopic (exact) mass is 345 g/mol. The molecule has 0 bridgehead atoms. The van der Waals surface area contributed by atoms with Crippen LogP contribution in [0.3, 0.4) is 0 Å². The third-order valence-corrected chi connectivity index (χ3v) is 8.19. The van der Waals surface area contributed by atoms with Gasteiger partial charge in [-0.3, -0.25) is 4.98 Å². The van der Waals surface area contributed by atoms with Gasteiger partial charge in [0.05, 0.1) is 0 Å². The average Bonchev–Trinajstić information content (AvgIpc) is 2.71. The molecule has 2 heteroatoms. The molecule has 0 amide bonds. The minimum Gasteiger partial charge on any atom is -0.261 e. The molecule has 25 heavy (non-hydrogen) atoms. The maximum Gasteiger partial charge on any atom is 0.0441 e. The predicted octanol–water partition coefficient (Wildman–Crippen LogP) is 5.24. The highest BCUT2D eigenvalue weighted by molar-refractivity contribution is 7.73. The van der Waals surface area contributed by atoms with Crippen molar-refractivity contribution in [2.75, 3.05) is 0 Å². The molecule has 126 valence electrons. The van der Waals surface area contributed by atoms with Crippen molar-refractivity contribution in [3.05, 3.63) is 90.8 Å². The maximum absolute atomic E-state index is 4.73. The van der Waals surface area contributed by atoms with Gasteiger partial charge in [0.15, 0.2) is 0 Å². The Morgan fingerprint density at radius 1 is 0.680 bits per heavy atom. The topological polar surface area (TPSA) is 12.9 Å². The second kappa shape index (κ2) is 7.93. The van der Waals surface area contributed by atoms with Crippen molar-refractivity contribution in [2.45, 2.75) is 37.3 Å². The number of pyridine rings is 1. The molecule has 0 saturated heterocycles. The first-order valence-electron chi connectivity index (χ1n) is 9.24. The van der Waals surface area contributed by atoms with E-state index < -0.39 is 0 Å². The lowest BCUT2D eigenvalue weighted by atomic mass is 9.86. The van der Waals surface area contributed by atoms with E-state index in [-0.39, 0.29) is 7.92 Å². The van der Waals surface area contributed by atoms with Gasteiger partial charge in [0.25, 0.3) is 0 Å². The van der Waals surface area contributed by atoms with Gasteiger partial charge in [0, 0.05) is 17.8 Å². The van der Waals surface area contributed by atoms with Crippen molar-refractivity contribution in [3.8, 4) is 0 Å². The molecule has 1 fully saturated rings. The lowest BCUT2D eigenvalue weighted by Gasteiger charge is -2.38. The minimum atomic E-state index is -0.372. The Kier molecular flexibility index (Phi) is 5.23. The molecule has 0 N–H and O–H groups in total. The summed E-state index contributed by atoms with van der Waals surface area (Å²) in [7, 11) is -0.372. The summed E-state index contributed by atoms with van der Waals surface area (Å²) in [5.41, 5.74) is 1.95. The summed E-state index contributed by atoms with van der Waals surface area (Å²) in [4.78, 5) is 4.73. The fraction of sp³-hybridized carbons (Fsp3) is 0.261. The number of rotatable bonds is 4. The second-order valence-corrected chi connectivity index (χ2v) is 9.19. The highest BCUT2D eigenvalue weighted by atomic mass is 31.1. The molecule has 1 aromatic heterocycles. The Morgan fingerprint density at radius 3 is 1.88 bits per heavy atom. The van der Waals surface area contributed by atoms with Crippen LogP contribution in [0.25, 0.3) is 0 Å². The van der Waals surface area contributed by atoms with Gasteiger partial charge in [0.2, 0.25) is 0 Å². The molecular formula is C23H24NP. The van der Waals surface area contributed by atoms with Crippen LogP contribution in [0.4, 0.5) is 0 Å². The van der Waals surface area contributed by atoms with Crippen molar-refractivity contribution in [1.82, 2.24) is 4.98 Å². The summed E-state index contributed by atoms with van der Waals surface area (Å²) in [5, 5.41) is 2.99. The number of hydrogen-bond donors (Lipinski definition) is 0. The standard InChI is InChI=1S/C23H24NP/c1-3-11-19(12-4-1)25(20-13-5-2-6-14-20)23-17-8-7-15-21(23)22-16-9-10-18-24-22/h1-6,9-14,16,18,21,23H,7-8,15,17H2/t21-,23-/m0/s1. The maximum atomic E-state index is 4.73. The van der Waals surface area contributed by atoms with E-state index in [0.717, 1.165) is 0 Å². The normalized spacial score (nSPS) is 20.5. The summed E-state index contributed by atoms with van der Waals surface area (Å²) in [6, 6.07) is 28.7. The molecule has 3 aromatic rings. The van der Waals surface area contributed by atoms with Gasteiger partial charge in [-0.1, -0.05) is 79.6 Å². The number of aromatic nitrogens is 1. The quantitative estimate of drug-likeness (QED) is 0.589. The second-order valence-electron chi connectivity index (χ2n) is 6.75. The smallest absolute Gasteiger partial charge is 0.0441 e. The van der Waals surface area contributed by atoms with Crippen molar-refractivity contribution >= 4 is 18.5 Å².